The van der Waals surface area contributed by atoms with Crippen molar-refractivity contribution >= 4 is 28.7 Å². The number of Topliss-reactive ketones (excluding diaryl/α,β-unsaturated/α-hetero) is 1. The van der Waals surface area contributed by atoms with Crippen LogP contribution in [0.4, 0.5) is 0 Å². The third-order valence-corrected chi connectivity index (χ3v) is 4.06. The first-order valence-corrected chi connectivity index (χ1v) is 5.96. The molecule has 2 atom stereocenters. The van der Waals surface area contributed by atoms with Crippen molar-refractivity contribution in [2.24, 2.45) is 5.92 Å². The molecule has 0 bridgehead atoms. The van der Waals surface area contributed by atoms with Crippen molar-refractivity contribution in [3.05, 3.63) is 21.3 Å². The fourth-order valence-corrected chi connectivity index (χ4v) is 3.01. The molecular weight excluding hydrogens is 218 g/mol. The molecule has 0 radical (unpaired) electrons. The molecule has 0 aromatic carbocycles. The maximum absolute atomic E-state index is 12.0. The van der Waals surface area contributed by atoms with Crippen LogP contribution < -0.4 is 5.32 Å². The molecule has 1 saturated heterocycles. The van der Waals surface area contributed by atoms with Crippen LogP contribution in [0.25, 0.3) is 0 Å². The highest BCUT2D eigenvalue weighted by Crippen LogP contribution is 2.28. The maximum atomic E-state index is 12.0. The number of carbonyl (C=O) groups is 1. The van der Waals surface area contributed by atoms with Crippen LogP contribution in [0.1, 0.15) is 23.0 Å². The number of rotatable bonds is 2. The Morgan fingerprint density at radius 3 is 3.00 bits per heavy atom. The van der Waals surface area contributed by atoms with Crippen molar-refractivity contribution in [1.29, 1.82) is 0 Å². The van der Waals surface area contributed by atoms with Crippen LogP contribution in [-0.4, -0.2) is 18.4 Å². The summed E-state index contributed by atoms with van der Waals surface area (Å²) in [5, 5.41) is 5.73. The van der Waals surface area contributed by atoms with Gasteiger partial charge in [0, 0.05) is 12.0 Å². The second kappa shape index (κ2) is 4.01. The molecule has 1 N–H and O–H groups in total. The molecule has 4 heteroatoms. The first-order chi connectivity index (χ1) is 6.70. The van der Waals surface area contributed by atoms with Gasteiger partial charge in [0.05, 0.1) is 9.90 Å². The first kappa shape index (κ1) is 10.1. The normalized spacial score (nSPS) is 26.7. The topological polar surface area (TPSA) is 29.1 Å². The molecule has 0 saturated carbocycles. The Bertz CT molecular complexity index is 350. The van der Waals surface area contributed by atoms with Crippen LogP contribution in [0.3, 0.4) is 0 Å². The highest BCUT2D eigenvalue weighted by molar-refractivity contribution is 7.12. The molecule has 14 heavy (non-hydrogen) atoms. The predicted octanol–water partition coefficient (Wildman–Crippen LogP) is 2.58. The summed E-state index contributed by atoms with van der Waals surface area (Å²) in [5.41, 5.74) is 0. The Morgan fingerprint density at radius 1 is 1.71 bits per heavy atom. The quantitative estimate of drug-likeness (QED) is 0.790. The van der Waals surface area contributed by atoms with E-state index >= 15 is 0 Å². The Balaban J connectivity index is 2.20. The van der Waals surface area contributed by atoms with Crippen LogP contribution in [0.15, 0.2) is 11.4 Å². The number of thiophene rings is 1. The monoisotopic (exact) mass is 229 g/mol. The average molecular weight is 230 g/mol. The minimum absolute atomic E-state index is 0.103. The summed E-state index contributed by atoms with van der Waals surface area (Å²) >= 11 is 7.37. The molecule has 1 fully saturated rings. The lowest BCUT2D eigenvalue weighted by Crippen LogP contribution is -2.27. The van der Waals surface area contributed by atoms with Crippen LogP contribution in [0.2, 0.25) is 5.02 Å². The molecule has 0 amide bonds. The SMILES string of the molecule is CC1NCCC1C(=O)c1sccc1Cl. The minimum Gasteiger partial charge on any atom is -0.313 e. The lowest BCUT2D eigenvalue weighted by atomic mass is 9.96. The molecule has 1 aromatic rings. The summed E-state index contributed by atoms with van der Waals surface area (Å²) in [5.74, 6) is 0.300. The van der Waals surface area contributed by atoms with Crippen LogP contribution in [-0.2, 0) is 0 Å². The van der Waals surface area contributed by atoms with E-state index in [1.165, 1.54) is 11.3 Å². The first-order valence-electron chi connectivity index (χ1n) is 4.70. The fourth-order valence-electron chi connectivity index (χ4n) is 1.85. The Morgan fingerprint density at radius 2 is 2.50 bits per heavy atom. The second-order valence-corrected chi connectivity index (χ2v) is 4.92. The lowest BCUT2D eigenvalue weighted by molar-refractivity contribution is 0.0918. The second-order valence-electron chi connectivity index (χ2n) is 3.60. The van der Waals surface area contributed by atoms with Crippen molar-refractivity contribution in [2.45, 2.75) is 19.4 Å². The number of hydrogen-bond acceptors (Lipinski definition) is 3. The van der Waals surface area contributed by atoms with E-state index in [1.807, 2.05) is 5.38 Å². The van der Waals surface area contributed by atoms with Gasteiger partial charge in [-0.2, -0.15) is 0 Å². The van der Waals surface area contributed by atoms with E-state index < -0.39 is 0 Å². The van der Waals surface area contributed by atoms with Gasteiger partial charge in [-0.15, -0.1) is 11.3 Å². The fraction of sp³-hybridized carbons (Fsp3) is 0.500. The molecule has 76 valence electrons. The van der Waals surface area contributed by atoms with Crippen molar-refractivity contribution in [1.82, 2.24) is 5.32 Å². The molecule has 1 aliphatic rings. The molecule has 0 aliphatic carbocycles. The molecule has 2 heterocycles. The Labute approximate surface area is 92.3 Å². The zero-order chi connectivity index (χ0) is 10.1. The van der Waals surface area contributed by atoms with Gasteiger partial charge in [0.2, 0.25) is 0 Å². The number of nitrogens with one attached hydrogen (secondary N) is 1. The highest BCUT2D eigenvalue weighted by Gasteiger charge is 2.31. The van der Waals surface area contributed by atoms with E-state index in [0.717, 1.165) is 13.0 Å². The summed E-state index contributed by atoms with van der Waals surface area (Å²) in [6, 6.07) is 2.06. The number of hydrogen-bond donors (Lipinski definition) is 1. The number of carbonyl (C=O) groups excluding carboxylic acids is 1. The molecule has 2 unspecified atom stereocenters. The smallest absolute Gasteiger partial charge is 0.178 e. The van der Waals surface area contributed by atoms with Gasteiger partial charge < -0.3 is 5.32 Å². The van der Waals surface area contributed by atoms with E-state index in [9.17, 15) is 4.79 Å². The van der Waals surface area contributed by atoms with E-state index in [1.54, 1.807) is 6.07 Å². The van der Waals surface area contributed by atoms with Crippen LogP contribution in [0, 0.1) is 5.92 Å². The van der Waals surface area contributed by atoms with Gasteiger partial charge in [-0.25, -0.2) is 0 Å². The van der Waals surface area contributed by atoms with E-state index in [2.05, 4.69) is 12.2 Å². The Kier molecular flexibility index (Phi) is 2.91. The highest BCUT2D eigenvalue weighted by atomic mass is 35.5. The van der Waals surface area contributed by atoms with Crippen LogP contribution >= 0.6 is 22.9 Å². The van der Waals surface area contributed by atoms with Crippen LogP contribution in [0.5, 0.6) is 0 Å². The summed E-state index contributed by atoms with van der Waals surface area (Å²) in [6.07, 6.45) is 0.925. The molecule has 2 nitrogen and oxygen atoms in total. The van der Waals surface area contributed by atoms with E-state index in [0.29, 0.717) is 9.90 Å². The minimum atomic E-state index is 0.103. The molecule has 2 rings (SSSR count). The summed E-state index contributed by atoms with van der Waals surface area (Å²) in [7, 11) is 0. The van der Waals surface area contributed by atoms with Gasteiger partial charge in [0.1, 0.15) is 0 Å². The van der Waals surface area contributed by atoms with Gasteiger partial charge in [-0.05, 0) is 31.3 Å². The largest absolute Gasteiger partial charge is 0.313 e. The molecular formula is C10H12ClNOS. The van der Waals surface area contributed by atoms with Gasteiger partial charge in [-0.3, -0.25) is 4.79 Å². The zero-order valence-corrected chi connectivity index (χ0v) is 9.49. The molecule has 0 spiro atoms. The van der Waals surface area contributed by atoms with Crippen molar-refractivity contribution in [2.75, 3.05) is 6.54 Å². The van der Waals surface area contributed by atoms with Crippen molar-refractivity contribution in [3.8, 4) is 0 Å². The van der Waals surface area contributed by atoms with E-state index in [-0.39, 0.29) is 17.7 Å². The van der Waals surface area contributed by atoms with Crippen molar-refractivity contribution in [3.63, 3.8) is 0 Å². The number of halogens is 1. The summed E-state index contributed by atoms with van der Waals surface area (Å²) in [4.78, 5) is 12.7. The standard InChI is InChI=1S/C10H12ClNOS/c1-6-7(2-4-12-6)9(13)10-8(11)3-5-14-10/h3,5-7,12H,2,4H2,1H3. The van der Waals surface area contributed by atoms with Gasteiger partial charge in [-0.1, -0.05) is 11.6 Å². The van der Waals surface area contributed by atoms with Gasteiger partial charge in [0.25, 0.3) is 0 Å². The lowest BCUT2D eigenvalue weighted by Gasteiger charge is -2.12. The Hall–Kier alpha value is -0.380. The summed E-state index contributed by atoms with van der Waals surface area (Å²) < 4.78 is 0. The van der Waals surface area contributed by atoms with Gasteiger partial charge in [0.15, 0.2) is 5.78 Å². The third-order valence-electron chi connectivity index (χ3n) is 2.70. The predicted molar refractivity (Wildman–Crippen MR) is 59.2 cm³/mol. The zero-order valence-electron chi connectivity index (χ0n) is 7.92. The summed E-state index contributed by atoms with van der Waals surface area (Å²) in [6.45, 7) is 2.98. The third kappa shape index (κ3) is 1.72. The molecule has 1 aromatic heterocycles. The average Bonchev–Trinajstić information content (AvgIpc) is 2.73. The van der Waals surface area contributed by atoms with Gasteiger partial charge >= 0.3 is 0 Å². The number of ketones is 1. The van der Waals surface area contributed by atoms with Crippen molar-refractivity contribution < 1.29 is 4.79 Å². The molecule has 1 aliphatic heterocycles. The van der Waals surface area contributed by atoms with E-state index in [4.69, 9.17) is 11.6 Å². The maximum Gasteiger partial charge on any atom is 0.178 e.